The minimum Gasteiger partial charge on any atom is -0.502 e. The molecule has 1 fully saturated rings. The van der Waals surface area contributed by atoms with Crippen LogP contribution in [0.4, 0.5) is 0 Å². The summed E-state index contributed by atoms with van der Waals surface area (Å²) in [5.74, 6) is 1.15. The van der Waals surface area contributed by atoms with Gasteiger partial charge in [-0.25, -0.2) is 0 Å². The second kappa shape index (κ2) is 5.74. The average molecular weight is 285 g/mol. The summed E-state index contributed by atoms with van der Waals surface area (Å²) in [7, 11) is 0. The van der Waals surface area contributed by atoms with E-state index < -0.39 is 0 Å². The molecule has 2 aromatic rings. The summed E-state index contributed by atoms with van der Waals surface area (Å²) in [6.07, 6.45) is 1.08. The molecule has 2 heterocycles. The molecule has 110 valence electrons. The van der Waals surface area contributed by atoms with Crippen LogP contribution < -0.4 is 5.43 Å². The quantitative estimate of drug-likeness (QED) is 0.942. The van der Waals surface area contributed by atoms with Crippen LogP contribution in [-0.4, -0.2) is 23.1 Å². The zero-order chi connectivity index (χ0) is 14.8. The van der Waals surface area contributed by atoms with Crippen molar-refractivity contribution >= 4 is 0 Å². The van der Waals surface area contributed by atoms with E-state index in [1.807, 2.05) is 6.07 Å². The number of likely N-dealkylation sites (tertiary alicyclic amines) is 1. The Morgan fingerprint density at radius 1 is 1.33 bits per heavy atom. The van der Waals surface area contributed by atoms with Crippen LogP contribution >= 0.6 is 0 Å². The van der Waals surface area contributed by atoms with Gasteiger partial charge in [0.15, 0.2) is 5.76 Å². The van der Waals surface area contributed by atoms with Crippen LogP contribution in [0.15, 0.2) is 45.6 Å². The Labute approximate surface area is 123 Å². The van der Waals surface area contributed by atoms with Crippen LogP contribution in [0.3, 0.4) is 0 Å². The summed E-state index contributed by atoms with van der Waals surface area (Å²) < 4.78 is 5.50. The van der Waals surface area contributed by atoms with Crippen LogP contribution in [0.25, 0.3) is 0 Å². The third kappa shape index (κ3) is 3.00. The molecule has 0 aliphatic carbocycles. The lowest BCUT2D eigenvalue weighted by molar-refractivity contribution is 0.273. The maximum Gasteiger partial charge on any atom is 0.227 e. The van der Waals surface area contributed by atoms with Crippen molar-refractivity contribution in [1.29, 1.82) is 0 Å². The molecular formula is C17H19NO3. The summed E-state index contributed by atoms with van der Waals surface area (Å²) in [5, 5.41) is 9.83. The van der Waals surface area contributed by atoms with E-state index in [9.17, 15) is 9.90 Å². The van der Waals surface area contributed by atoms with E-state index in [1.54, 1.807) is 6.92 Å². The summed E-state index contributed by atoms with van der Waals surface area (Å²) in [6.45, 7) is 4.06. The maximum absolute atomic E-state index is 11.6. The molecule has 1 unspecified atom stereocenters. The van der Waals surface area contributed by atoms with E-state index in [1.165, 1.54) is 11.6 Å². The second-order valence-electron chi connectivity index (χ2n) is 5.62. The molecule has 4 nitrogen and oxygen atoms in total. The summed E-state index contributed by atoms with van der Waals surface area (Å²) in [4.78, 5) is 13.8. The molecule has 21 heavy (non-hydrogen) atoms. The first-order valence-electron chi connectivity index (χ1n) is 7.23. The molecule has 0 spiro atoms. The van der Waals surface area contributed by atoms with Crippen LogP contribution in [0.2, 0.25) is 0 Å². The molecule has 1 atom stereocenters. The number of rotatable bonds is 3. The molecule has 1 aromatic carbocycles. The number of aryl methyl sites for hydroxylation is 1. The highest BCUT2D eigenvalue weighted by Gasteiger charge is 2.25. The van der Waals surface area contributed by atoms with Crippen molar-refractivity contribution in [3.05, 3.63) is 63.7 Å². The average Bonchev–Trinajstić information content (AvgIpc) is 2.94. The van der Waals surface area contributed by atoms with E-state index >= 15 is 0 Å². The lowest BCUT2D eigenvalue weighted by atomic mass is 9.99. The Bertz CT molecular complexity index is 678. The molecular weight excluding hydrogens is 266 g/mol. The van der Waals surface area contributed by atoms with E-state index in [4.69, 9.17) is 4.42 Å². The van der Waals surface area contributed by atoms with Crippen LogP contribution in [0, 0.1) is 6.92 Å². The van der Waals surface area contributed by atoms with Gasteiger partial charge >= 0.3 is 0 Å². The van der Waals surface area contributed by atoms with Gasteiger partial charge in [-0.2, -0.15) is 0 Å². The van der Waals surface area contributed by atoms with Crippen molar-refractivity contribution < 1.29 is 9.52 Å². The minimum absolute atomic E-state index is 0.260. The fraction of sp³-hybridized carbons (Fsp3) is 0.353. The van der Waals surface area contributed by atoms with Gasteiger partial charge in [-0.15, -0.1) is 0 Å². The Morgan fingerprint density at radius 2 is 2.10 bits per heavy atom. The first-order chi connectivity index (χ1) is 10.1. The highest BCUT2D eigenvalue weighted by Crippen LogP contribution is 2.28. The monoisotopic (exact) mass is 285 g/mol. The molecule has 1 aliphatic heterocycles. The van der Waals surface area contributed by atoms with Crippen LogP contribution in [0.5, 0.6) is 5.75 Å². The maximum atomic E-state index is 11.6. The largest absolute Gasteiger partial charge is 0.502 e. The molecule has 0 amide bonds. The number of nitrogens with zero attached hydrogens (tertiary/aromatic N) is 1. The second-order valence-corrected chi connectivity index (χ2v) is 5.62. The molecule has 0 radical (unpaired) electrons. The van der Waals surface area contributed by atoms with Gasteiger partial charge in [-0.3, -0.25) is 9.69 Å². The Hall–Kier alpha value is -2.07. The lowest BCUT2D eigenvalue weighted by Crippen LogP contribution is -2.21. The SMILES string of the molecule is Cc1cc(=O)c(O)c(CN2CCC(c3ccccc3)C2)o1. The van der Waals surface area contributed by atoms with Gasteiger partial charge < -0.3 is 9.52 Å². The number of hydrogen-bond donors (Lipinski definition) is 1. The third-order valence-corrected chi connectivity index (χ3v) is 4.03. The predicted octanol–water partition coefficient (Wildman–Crippen LogP) is 2.64. The Morgan fingerprint density at radius 3 is 2.86 bits per heavy atom. The molecule has 0 bridgehead atoms. The predicted molar refractivity (Wildman–Crippen MR) is 80.5 cm³/mol. The highest BCUT2D eigenvalue weighted by molar-refractivity contribution is 5.25. The number of hydrogen-bond acceptors (Lipinski definition) is 4. The molecule has 1 aliphatic rings. The van der Waals surface area contributed by atoms with E-state index in [0.717, 1.165) is 19.5 Å². The first kappa shape index (κ1) is 13.9. The smallest absolute Gasteiger partial charge is 0.227 e. The zero-order valence-electron chi connectivity index (χ0n) is 12.1. The summed E-state index contributed by atoms with van der Waals surface area (Å²) in [5.41, 5.74) is 0.975. The molecule has 1 N–H and O–H groups in total. The van der Waals surface area contributed by atoms with Crippen molar-refractivity contribution in [2.75, 3.05) is 13.1 Å². The molecule has 1 aromatic heterocycles. The van der Waals surface area contributed by atoms with Crippen molar-refractivity contribution in [2.45, 2.75) is 25.8 Å². The lowest BCUT2D eigenvalue weighted by Gasteiger charge is -2.16. The van der Waals surface area contributed by atoms with Gasteiger partial charge in [-0.1, -0.05) is 30.3 Å². The van der Waals surface area contributed by atoms with Crippen LogP contribution in [0.1, 0.15) is 29.4 Å². The van der Waals surface area contributed by atoms with E-state index in [-0.39, 0.29) is 11.2 Å². The third-order valence-electron chi connectivity index (χ3n) is 4.03. The normalized spacial score (nSPS) is 19.0. The van der Waals surface area contributed by atoms with Crippen molar-refractivity contribution in [2.24, 2.45) is 0 Å². The van der Waals surface area contributed by atoms with Crippen molar-refractivity contribution in [3.8, 4) is 5.75 Å². The fourth-order valence-corrected chi connectivity index (χ4v) is 2.95. The Balaban J connectivity index is 1.72. The molecule has 1 saturated heterocycles. The minimum atomic E-state index is -0.368. The van der Waals surface area contributed by atoms with Gasteiger partial charge in [0.2, 0.25) is 11.2 Å². The summed E-state index contributed by atoms with van der Waals surface area (Å²) in [6, 6.07) is 11.8. The van der Waals surface area contributed by atoms with Gasteiger partial charge in [0.1, 0.15) is 5.76 Å². The van der Waals surface area contributed by atoms with E-state index in [0.29, 0.717) is 24.0 Å². The fourth-order valence-electron chi connectivity index (χ4n) is 2.95. The number of benzene rings is 1. The zero-order valence-corrected chi connectivity index (χ0v) is 12.1. The standard InChI is InChI=1S/C17H19NO3/c1-12-9-15(19)17(20)16(21-12)11-18-8-7-14(10-18)13-5-3-2-4-6-13/h2-6,9,14,20H,7-8,10-11H2,1H3. The molecule has 4 heteroatoms. The van der Waals surface area contributed by atoms with Gasteiger partial charge in [0.05, 0.1) is 6.54 Å². The Kier molecular flexibility index (Phi) is 3.80. The van der Waals surface area contributed by atoms with Gasteiger partial charge in [0, 0.05) is 12.6 Å². The molecule has 3 rings (SSSR count). The van der Waals surface area contributed by atoms with Gasteiger partial charge in [0.25, 0.3) is 0 Å². The topological polar surface area (TPSA) is 53.7 Å². The van der Waals surface area contributed by atoms with Crippen molar-refractivity contribution in [1.82, 2.24) is 4.90 Å². The molecule has 0 saturated carbocycles. The van der Waals surface area contributed by atoms with Crippen molar-refractivity contribution in [3.63, 3.8) is 0 Å². The van der Waals surface area contributed by atoms with Crippen LogP contribution in [-0.2, 0) is 6.54 Å². The first-order valence-corrected chi connectivity index (χ1v) is 7.23. The van der Waals surface area contributed by atoms with E-state index in [2.05, 4.69) is 29.2 Å². The summed E-state index contributed by atoms with van der Waals surface area (Å²) >= 11 is 0. The highest BCUT2D eigenvalue weighted by atomic mass is 16.4. The van der Waals surface area contributed by atoms with Gasteiger partial charge in [-0.05, 0) is 31.4 Å². The number of aromatic hydroxyl groups is 1.